The van der Waals surface area contributed by atoms with Crippen molar-refractivity contribution in [2.75, 3.05) is 18.5 Å². The number of carbonyl (C=O) groups is 2. The van der Waals surface area contributed by atoms with Gasteiger partial charge in [-0.25, -0.2) is 4.79 Å². The lowest BCUT2D eigenvalue weighted by molar-refractivity contribution is -0.140. The molecule has 1 saturated heterocycles. The second kappa shape index (κ2) is 9.14. The van der Waals surface area contributed by atoms with Gasteiger partial charge in [0.05, 0.1) is 23.9 Å². The molecular weight excluding hydrogens is 448 g/mol. The van der Waals surface area contributed by atoms with E-state index in [1.165, 1.54) is 0 Å². The van der Waals surface area contributed by atoms with Crippen molar-refractivity contribution < 1.29 is 24.2 Å². The summed E-state index contributed by atoms with van der Waals surface area (Å²) >= 11 is 0. The molecule has 1 aliphatic carbocycles. The molecule has 3 aromatic rings. The van der Waals surface area contributed by atoms with Gasteiger partial charge in [0.1, 0.15) is 11.9 Å². The summed E-state index contributed by atoms with van der Waals surface area (Å²) in [7, 11) is 1.76. The van der Waals surface area contributed by atoms with E-state index in [-0.39, 0.29) is 12.0 Å². The van der Waals surface area contributed by atoms with Crippen LogP contribution in [-0.4, -0.2) is 51.3 Å². The molecule has 9 heteroatoms. The van der Waals surface area contributed by atoms with Crippen LogP contribution in [0.4, 0.5) is 10.6 Å². The predicted octanol–water partition coefficient (Wildman–Crippen LogP) is 4.24. The lowest BCUT2D eigenvalue weighted by Gasteiger charge is -2.19. The lowest BCUT2D eigenvalue weighted by Crippen LogP contribution is -2.27. The van der Waals surface area contributed by atoms with Crippen molar-refractivity contribution in [3.05, 3.63) is 54.4 Å². The van der Waals surface area contributed by atoms with E-state index in [0.29, 0.717) is 31.9 Å². The highest BCUT2D eigenvalue weighted by atomic mass is 16.6. The van der Waals surface area contributed by atoms with Crippen molar-refractivity contribution in [2.45, 2.75) is 37.7 Å². The molecule has 2 N–H and O–H groups in total. The zero-order valence-corrected chi connectivity index (χ0v) is 19.7. The van der Waals surface area contributed by atoms with Crippen molar-refractivity contribution >= 4 is 17.9 Å². The molecule has 1 saturated carbocycles. The molecule has 35 heavy (non-hydrogen) atoms. The molecular formula is C26H28N4O5. The van der Waals surface area contributed by atoms with Gasteiger partial charge >= 0.3 is 12.1 Å². The number of hydrogen-bond donors (Lipinski definition) is 2. The SMILES string of the molecule is CC(OC(=O)Nc1c(-c2ccc(-c3ccc(C4(C(=O)O)CC4)cn3)cc2)cnn1C)C1CCOC1. The molecule has 9 nitrogen and oxygen atoms in total. The van der Waals surface area contributed by atoms with Crippen LogP contribution in [0, 0.1) is 5.92 Å². The summed E-state index contributed by atoms with van der Waals surface area (Å²) in [4.78, 5) is 28.6. The van der Waals surface area contributed by atoms with E-state index in [0.717, 1.165) is 34.4 Å². The van der Waals surface area contributed by atoms with Gasteiger partial charge in [0.15, 0.2) is 0 Å². The Morgan fingerprint density at radius 2 is 1.91 bits per heavy atom. The first-order valence-corrected chi connectivity index (χ1v) is 11.8. The van der Waals surface area contributed by atoms with Crippen molar-refractivity contribution in [2.24, 2.45) is 13.0 Å². The van der Waals surface area contributed by atoms with Crippen LogP contribution in [0.2, 0.25) is 0 Å². The molecule has 2 fully saturated rings. The number of nitrogens with one attached hydrogen (secondary N) is 1. The molecule has 2 aliphatic rings. The van der Waals surface area contributed by atoms with Gasteiger partial charge in [-0.2, -0.15) is 5.10 Å². The third-order valence-corrected chi connectivity index (χ3v) is 7.05. The topological polar surface area (TPSA) is 116 Å². The van der Waals surface area contributed by atoms with Gasteiger partial charge in [0, 0.05) is 36.9 Å². The number of amides is 1. The van der Waals surface area contributed by atoms with Gasteiger partial charge in [-0.1, -0.05) is 30.3 Å². The number of carboxylic acid groups (broad SMARTS) is 1. The first-order chi connectivity index (χ1) is 16.9. The third-order valence-electron chi connectivity index (χ3n) is 7.05. The molecule has 1 aromatic carbocycles. The zero-order chi connectivity index (χ0) is 24.6. The van der Waals surface area contributed by atoms with Gasteiger partial charge < -0.3 is 14.6 Å². The minimum absolute atomic E-state index is 0.209. The number of pyridine rings is 1. The molecule has 1 aliphatic heterocycles. The Morgan fingerprint density at radius 3 is 2.51 bits per heavy atom. The number of rotatable bonds is 7. The van der Waals surface area contributed by atoms with E-state index in [4.69, 9.17) is 9.47 Å². The molecule has 2 aromatic heterocycles. The number of aromatic nitrogens is 3. The summed E-state index contributed by atoms with van der Waals surface area (Å²) < 4.78 is 12.6. The van der Waals surface area contributed by atoms with Crippen LogP contribution in [0.5, 0.6) is 0 Å². The van der Waals surface area contributed by atoms with Gasteiger partial charge in [-0.15, -0.1) is 0 Å². The molecule has 0 spiro atoms. The van der Waals surface area contributed by atoms with E-state index in [2.05, 4.69) is 15.4 Å². The Labute approximate surface area is 203 Å². The Kier molecular flexibility index (Phi) is 6.02. The number of carbonyl (C=O) groups excluding carboxylic acids is 1. The number of aliphatic carboxylic acids is 1. The molecule has 3 heterocycles. The molecule has 1 amide bonds. The first kappa shape index (κ1) is 23.0. The fourth-order valence-electron chi connectivity index (χ4n) is 4.53. The number of benzene rings is 1. The second-order valence-electron chi connectivity index (χ2n) is 9.29. The van der Waals surface area contributed by atoms with E-state index >= 15 is 0 Å². The average Bonchev–Trinajstić information content (AvgIpc) is 3.34. The van der Waals surface area contributed by atoms with Gasteiger partial charge in [0.2, 0.25) is 0 Å². The van der Waals surface area contributed by atoms with Gasteiger partial charge in [0.25, 0.3) is 0 Å². The number of aryl methyl sites for hydroxylation is 1. The van der Waals surface area contributed by atoms with E-state index in [1.54, 1.807) is 24.1 Å². The quantitative estimate of drug-likeness (QED) is 0.524. The summed E-state index contributed by atoms with van der Waals surface area (Å²) in [5, 5.41) is 16.6. The molecule has 0 bridgehead atoms. The summed E-state index contributed by atoms with van der Waals surface area (Å²) in [5.74, 6) is -0.0346. The minimum atomic E-state index is -0.789. The molecule has 2 unspecified atom stereocenters. The largest absolute Gasteiger partial charge is 0.481 e. The van der Waals surface area contributed by atoms with Crippen molar-refractivity contribution in [3.63, 3.8) is 0 Å². The molecule has 2 atom stereocenters. The molecule has 5 rings (SSSR count). The summed E-state index contributed by atoms with van der Waals surface area (Å²) in [5.41, 5.74) is 3.31. The standard InChI is InChI=1S/C26H28N4O5/c1-16(19-9-12-34-15-19)35-25(33)29-23-21(14-28-30(23)2)17-3-5-18(6-4-17)22-8-7-20(13-27-22)26(10-11-26)24(31)32/h3-8,13-14,16,19H,9-12,15H2,1-2H3,(H,29,33)(H,31,32). The maximum Gasteiger partial charge on any atom is 0.413 e. The van der Waals surface area contributed by atoms with E-state index in [9.17, 15) is 14.7 Å². The van der Waals surface area contributed by atoms with Crippen molar-refractivity contribution in [3.8, 4) is 22.4 Å². The monoisotopic (exact) mass is 476 g/mol. The van der Waals surface area contributed by atoms with Crippen LogP contribution in [0.1, 0.15) is 31.7 Å². The fraction of sp³-hybridized carbons (Fsp3) is 0.385. The normalized spacial score (nSPS) is 19.2. The predicted molar refractivity (Wildman–Crippen MR) is 129 cm³/mol. The minimum Gasteiger partial charge on any atom is -0.481 e. The van der Waals surface area contributed by atoms with Crippen LogP contribution in [-0.2, 0) is 26.7 Å². The Bertz CT molecular complexity index is 1230. The lowest BCUT2D eigenvalue weighted by atomic mass is 9.97. The number of anilines is 1. The summed E-state index contributed by atoms with van der Waals surface area (Å²) in [6.07, 6.45) is 4.80. The van der Waals surface area contributed by atoms with Crippen LogP contribution < -0.4 is 5.32 Å². The molecule has 0 radical (unpaired) electrons. The highest BCUT2D eigenvalue weighted by Gasteiger charge is 2.51. The van der Waals surface area contributed by atoms with Crippen molar-refractivity contribution in [1.82, 2.24) is 14.8 Å². The average molecular weight is 477 g/mol. The fourth-order valence-corrected chi connectivity index (χ4v) is 4.53. The maximum atomic E-state index is 12.5. The van der Waals surface area contributed by atoms with E-state index < -0.39 is 17.5 Å². The van der Waals surface area contributed by atoms with Crippen LogP contribution in [0.3, 0.4) is 0 Å². The number of ether oxygens (including phenoxy) is 2. The first-order valence-electron chi connectivity index (χ1n) is 11.8. The van der Waals surface area contributed by atoms with Gasteiger partial charge in [-0.05, 0) is 43.4 Å². The Hall–Kier alpha value is -3.72. The Balaban J connectivity index is 1.29. The number of nitrogens with zero attached hydrogens (tertiary/aromatic N) is 3. The molecule has 182 valence electrons. The van der Waals surface area contributed by atoms with E-state index in [1.807, 2.05) is 43.3 Å². The van der Waals surface area contributed by atoms with Crippen LogP contribution in [0.25, 0.3) is 22.4 Å². The smallest absolute Gasteiger partial charge is 0.413 e. The van der Waals surface area contributed by atoms with Gasteiger partial charge in [-0.3, -0.25) is 19.8 Å². The maximum absolute atomic E-state index is 12.5. The summed E-state index contributed by atoms with van der Waals surface area (Å²) in [6, 6.07) is 11.5. The zero-order valence-electron chi connectivity index (χ0n) is 19.7. The number of carboxylic acids is 1. The summed E-state index contributed by atoms with van der Waals surface area (Å²) in [6.45, 7) is 3.19. The van der Waals surface area contributed by atoms with Crippen LogP contribution in [0.15, 0.2) is 48.8 Å². The second-order valence-corrected chi connectivity index (χ2v) is 9.29. The highest BCUT2D eigenvalue weighted by molar-refractivity contribution is 5.90. The third kappa shape index (κ3) is 4.51. The van der Waals surface area contributed by atoms with Crippen molar-refractivity contribution in [1.29, 1.82) is 0 Å². The Morgan fingerprint density at radius 1 is 1.17 bits per heavy atom. The number of hydrogen-bond acceptors (Lipinski definition) is 6. The van der Waals surface area contributed by atoms with Crippen LogP contribution >= 0.6 is 0 Å². The highest BCUT2D eigenvalue weighted by Crippen LogP contribution is 2.48.